The Morgan fingerprint density at radius 1 is 1.16 bits per heavy atom. The SMILES string of the molecule is COC(=O)c1c(CC(C)C)csc1NC(=O)C1CCN(C(=O)COc2ccccc2)CC1. The molecule has 2 aromatic rings. The first-order chi connectivity index (χ1) is 15.4. The Morgan fingerprint density at radius 2 is 1.84 bits per heavy atom. The van der Waals surface area contributed by atoms with E-state index in [0.29, 0.717) is 48.2 Å². The monoisotopic (exact) mass is 458 g/mol. The second-order valence-corrected chi connectivity index (χ2v) is 9.18. The maximum atomic E-state index is 12.9. The molecular weight excluding hydrogens is 428 g/mol. The number of carbonyl (C=O) groups excluding carboxylic acids is 3. The number of piperidine rings is 1. The van der Waals surface area contributed by atoms with Crippen LogP contribution < -0.4 is 10.1 Å². The minimum absolute atomic E-state index is 0.0167. The van der Waals surface area contributed by atoms with E-state index in [2.05, 4.69) is 19.2 Å². The van der Waals surface area contributed by atoms with Gasteiger partial charge in [-0.2, -0.15) is 0 Å². The van der Waals surface area contributed by atoms with Crippen LogP contribution in [0.15, 0.2) is 35.7 Å². The Balaban J connectivity index is 1.54. The van der Waals surface area contributed by atoms with Crippen LogP contribution in [0.4, 0.5) is 5.00 Å². The van der Waals surface area contributed by atoms with Gasteiger partial charge in [0.1, 0.15) is 10.8 Å². The summed E-state index contributed by atoms with van der Waals surface area (Å²) in [5.41, 5.74) is 1.34. The lowest BCUT2D eigenvalue weighted by atomic mass is 9.95. The molecule has 2 amide bonds. The van der Waals surface area contributed by atoms with E-state index in [1.165, 1.54) is 18.4 Å². The van der Waals surface area contributed by atoms with Crippen LogP contribution in [0.1, 0.15) is 42.6 Å². The second-order valence-electron chi connectivity index (χ2n) is 8.30. The molecule has 1 fully saturated rings. The van der Waals surface area contributed by atoms with Crippen molar-refractivity contribution < 1.29 is 23.9 Å². The molecule has 1 N–H and O–H groups in total. The molecule has 1 saturated heterocycles. The van der Waals surface area contributed by atoms with E-state index >= 15 is 0 Å². The number of nitrogens with zero attached hydrogens (tertiary/aromatic N) is 1. The molecule has 1 aromatic heterocycles. The average Bonchev–Trinajstić information content (AvgIpc) is 3.18. The van der Waals surface area contributed by atoms with Crippen LogP contribution in [0.2, 0.25) is 0 Å². The fraction of sp³-hybridized carbons (Fsp3) is 0.458. The quantitative estimate of drug-likeness (QED) is 0.605. The van der Waals surface area contributed by atoms with Gasteiger partial charge < -0.3 is 19.7 Å². The third-order valence-corrected chi connectivity index (χ3v) is 6.39. The number of hydrogen-bond donors (Lipinski definition) is 1. The number of esters is 1. The predicted molar refractivity (Wildman–Crippen MR) is 124 cm³/mol. The Hall–Kier alpha value is -2.87. The third-order valence-electron chi connectivity index (χ3n) is 5.45. The van der Waals surface area contributed by atoms with Crippen LogP contribution in [0.25, 0.3) is 0 Å². The number of carbonyl (C=O) groups is 3. The summed E-state index contributed by atoms with van der Waals surface area (Å²) in [6, 6.07) is 9.22. The van der Waals surface area contributed by atoms with Gasteiger partial charge in [0.2, 0.25) is 5.91 Å². The standard InChI is InChI=1S/C24H30N2O5S/c1-16(2)13-18-15-32-23(21(18)24(29)30-3)25-22(28)17-9-11-26(12-10-17)20(27)14-31-19-7-5-4-6-8-19/h4-8,15-17H,9-14H2,1-3H3,(H,25,28). The van der Waals surface area contributed by atoms with Gasteiger partial charge in [-0.15, -0.1) is 11.3 Å². The number of para-hydroxylation sites is 1. The number of rotatable bonds is 8. The fourth-order valence-corrected chi connectivity index (χ4v) is 4.73. The predicted octanol–water partition coefficient (Wildman–Crippen LogP) is 3.99. The summed E-state index contributed by atoms with van der Waals surface area (Å²) in [5.74, 6) is 0.179. The maximum absolute atomic E-state index is 12.9. The van der Waals surface area contributed by atoms with Crippen molar-refractivity contribution in [2.45, 2.75) is 33.1 Å². The molecule has 32 heavy (non-hydrogen) atoms. The number of benzene rings is 1. The molecule has 0 saturated carbocycles. The summed E-state index contributed by atoms with van der Waals surface area (Å²) in [6.07, 6.45) is 1.88. The van der Waals surface area contributed by atoms with Gasteiger partial charge in [0.05, 0.1) is 12.7 Å². The Bertz CT molecular complexity index is 933. The maximum Gasteiger partial charge on any atom is 0.341 e. The van der Waals surface area contributed by atoms with Gasteiger partial charge in [-0.05, 0) is 48.3 Å². The molecule has 1 aromatic carbocycles. The number of ether oxygens (including phenoxy) is 2. The zero-order valence-electron chi connectivity index (χ0n) is 18.8. The molecule has 1 aliphatic rings. The largest absolute Gasteiger partial charge is 0.484 e. The zero-order chi connectivity index (χ0) is 23.1. The summed E-state index contributed by atoms with van der Waals surface area (Å²) >= 11 is 1.35. The van der Waals surface area contributed by atoms with Crippen LogP contribution in [-0.2, 0) is 20.7 Å². The molecule has 172 valence electrons. The molecule has 0 bridgehead atoms. The smallest absolute Gasteiger partial charge is 0.341 e. The first kappa shape index (κ1) is 23.8. The number of thiophene rings is 1. The first-order valence-corrected chi connectivity index (χ1v) is 11.7. The molecule has 3 rings (SSSR count). The van der Waals surface area contributed by atoms with E-state index in [9.17, 15) is 14.4 Å². The van der Waals surface area contributed by atoms with Crippen LogP contribution >= 0.6 is 11.3 Å². The van der Waals surface area contributed by atoms with Crippen LogP contribution in [0.3, 0.4) is 0 Å². The highest BCUT2D eigenvalue weighted by atomic mass is 32.1. The Morgan fingerprint density at radius 3 is 2.47 bits per heavy atom. The molecule has 0 aliphatic carbocycles. The lowest BCUT2D eigenvalue weighted by Crippen LogP contribution is -2.43. The summed E-state index contributed by atoms with van der Waals surface area (Å²) in [4.78, 5) is 39.3. The number of amides is 2. The average molecular weight is 459 g/mol. The first-order valence-electron chi connectivity index (χ1n) is 10.8. The normalized spacial score (nSPS) is 14.3. The number of methoxy groups -OCH3 is 1. The number of nitrogens with one attached hydrogen (secondary N) is 1. The van der Waals surface area contributed by atoms with Crippen molar-refractivity contribution in [2.75, 3.05) is 32.1 Å². The molecule has 2 heterocycles. The van der Waals surface area contributed by atoms with Crippen molar-refractivity contribution >= 4 is 34.1 Å². The van der Waals surface area contributed by atoms with E-state index in [-0.39, 0.29) is 24.3 Å². The van der Waals surface area contributed by atoms with Gasteiger partial charge in [-0.1, -0.05) is 32.0 Å². The van der Waals surface area contributed by atoms with Gasteiger partial charge in [0, 0.05) is 19.0 Å². The van der Waals surface area contributed by atoms with Crippen molar-refractivity contribution in [3.05, 3.63) is 46.8 Å². The summed E-state index contributed by atoms with van der Waals surface area (Å²) < 4.78 is 10.5. The van der Waals surface area contributed by atoms with Gasteiger partial charge >= 0.3 is 5.97 Å². The Kier molecular flexibility index (Phi) is 8.27. The van der Waals surface area contributed by atoms with Crippen molar-refractivity contribution in [3.63, 3.8) is 0 Å². The van der Waals surface area contributed by atoms with E-state index in [4.69, 9.17) is 9.47 Å². The molecular formula is C24H30N2O5S. The second kappa shape index (κ2) is 11.1. The fourth-order valence-electron chi connectivity index (χ4n) is 3.76. The van der Waals surface area contributed by atoms with E-state index in [0.717, 1.165) is 12.0 Å². The highest BCUT2D eigenvalue weighted by molar-refractivity contribution is 7.15. The molecule has 7 nitrogen and oxygen atoms in total. The van der Waals surface area contributed by atoms with Crippen molar-refractivity contribution in [1.29, 1.82) is 0 Å². The zero-order valence-corrected chi connectivity index (χ0v) is 19.6. The Labute approximate surface area is 192 Å². The third kappa shape index (κ3) is 6.09. The summed E-state index contributed by atoms with van der Waals surface area (Å²) in [6.45, 7) is 5.15. The summed E-state index contributed by atoms with van der Waals surface area (Å²) in [5, 5.41) is 5.38. The lowest BCUT2D eigenvalue weighted by Gasteiger charge is -2.31. The van der Waals surface area contributed by atoms with E-state index in [1.807, 2.05) is 35.7 Å². The molecule has 0 unspecified atom stereocenters. The van der Waals surface area contributed by atoms with Crippen molar-refractivity contribution in [2.24, 2.45) is 11.8 Å². The van der Waals surface area contributed by atoms with Gasteiger partial charge in [0.25, 0.3) is 5.91 Å². The number of anilines is 1. The lowest BCUT2D eigenvalue weighted by molar-refractivity contribution is -0.136. The van der Waals surface area contributed by atoms with Crippen molar-refractivity contribution in [3.8, 4) is 5.75 Å². The summed E-state index contributed by atoms with van der Waals surface area (Å²) in [7, 11) is 1.35. The highest BCUT2D eigenvalue weighted by Gasteiger charge is 2.29. The van der Waals surface area contributed by atoms with Crippen LogP contribution in [0.5, 0.6) is 5.75 Å². The van der Waals surface area contributed by atoms with Gasteiger partial charge in [-0.3, -0.25) is 9.59 Å². The highest BCUT2D eigenvalue weighted by Crippen LogP contribution is 2.32. The number of likely N-dealkylation sites (tertiary alicyclic amines) is 1. The molecule has 8 heteroatoms. The minimum Gasteiger partial charge on any atom is -0.484 e. The van der Waals surface area contributed by atoms with E-state index in [1.54, 1.807) is 4.90 Å². The van der Waals surface area contributed by atoms with E-state index < -0.39 is 5.97 Å². The molecule has 1 aliphatic heterocycles. The van der Waals surface area contributed by atoms with Crippen molar-refractivity contribution in [1.82, 2.24) is 4.90 Å². The topological polar surface area (TPSA) is 84.9 Å². The minimum atomic E-state index is -0.434. The molecule has 0 radical (unpaired) electrons. The number of hydrogen-bond acceptors (Lipinski definition) is 6. The van der Waals surface area contributed by atoms with Crippen LogP contribution in [0, 0.1) is 11.8 Å². The van der Waals surface area contributed by atoms with Crippen LogP contribution in [-0.4, -0.2) is 49.5 Å². The molecule has 0 spiro atoms. The van der Waals surface area contributed by atoms with Gasteiger partial charge in [-0.25, -0.2) is 4.79 Å². The van der Waals surface area contributed by atoms with Gasteiger partial charge in [0.15, 0.2) is 6.61 Å². The molecule has 0 atom stereocenters.